The highest BCUT2D eigenvalue weighted by Gasteiger charge is 2.42. The lowest BCUT2D eigenvalue weighted by Crippen LogP contribution is -2.46. The third kappa shape index (κ3) is 3.22. The van der Waals surface area contributed by atoms with Gasteiger partial charge in [0.25, 0.3) is 11.8 Å². The molecule has 0 aliphatic carbocycles. The zero-order valence-electron chi connectivity index (χ0n) is 16.4. The second-order valence-corrected chi connectivity index (χ2v) is 7.35. The molecule has 1 fully saturated rings. The summed E-state index contributed by atoms with van der Waals surface area (Å²) in [4.78, 5) is 32.5. The van der Waals surface area contributed by atoms with Gasteiger partial charge in [-0.3, -0.25) is 9.59 Å². The largest absolute Gasteiger partial charge is 0.364 e. The molecule has 2 aromatic rings. The average Bonchev–Trinajstić information content (AvgIpc) is 2.99. The Kier molecular flexibility index (Phi) is 5.01. The SMILES string of the molecule is CCc1ccc(N2C(=O)C(c3ccccc3)=C(N3CCN(C)CC3)C2=O)cc1. The number of likely N-dealkylation sites (N-methyl/N-ethyl adjacent to an activating group) is 1. The number of anilines is 1. The summed E-state index contributed by atoms with van der Waals surface area (Å²) in [5.41, 5.74) is 3.64. The van der Waals surface area contributed by atoms with E-state index in [9.17, 15) is 9.59 Å². The number of carbonyl (C=O) groups excluding carboxylic acids is 2. The van der Waals surface area contributed by atoms with Crippen molar-refractivity contribution >= 4 is 23.1 Å². The van der Waals surface area contributed by atoms with Gasteiger partial charge in [-0.05, 0) is 36.7 Å². The van der Waals surface area contributed by atoms with Gasteiger partial charge in [0.1, 0.15) is 5.70 Å². The number of piperazine rings is 1. The van der Waals surface area contributed by atoms with Gasteiger partial charge in [-0.25, -0.2) is 4.90 Å². The van der Waals surface area contributed by atoms with Crippen LogP contribution >= 0.6 is 0 Å². The molecule has 28 heavy (non-hydrogen) atoms. The van der Waals surface area contributed by atoms with Crippen molar-refractivity contribution < 1.29 is 9.59 Å². The summed E-state index contributed by atoms with van der Waals surface area (Å²) in [6, 6.07) is 17.2. The molecule has 1 saturated heterocycles. The van der Waals surface area contributed by atoms with Gasteiger partial charge in [0.2, 0.25) is 0 Å². The summed E-state index contributed by atoms with van der Waals surface area (Å²) < 4.78 is 0. The van der Waals surface area contributed by atoms with Crippen molar-refractivity contribution in [3.63, 3.8) is 0 Å². The molecule has 0 bridgehead atoms. The quantitative estimate of drug-likeness (QED) is 0.771. The number of aryl methyl sites for hydroxylation is 1. The van der Waals surface area contributed by atoms with E-state index in [0.29, 0.717) is 17.0 Å². The molecule has 0 unspecified atom stereocenters. The summed E-state index contributed by atoms with van der Waals surface area (Å²) >= 11 is 0. The van der Waals surface area contributed by atoms with Crippen LogP contribution < -0.4 is 4.90 Å². The second-order valence-electron chi connectivity index (χ2n) is 7.35. The molecule has 0 atom stereocenters. The topological polar surface area (TPSA) is 43.9 Å². The molecule has 2 heterocycles. The van der Waals surface area contributed by atoms with E-state index < -0.39 is 0 Å². The van der Waals surface area contributed by atoms with Crippen LogP contribution in [0.15, 0.2) is 60.3 Å². The monoisotopic (exact) mass is 375 g/mol. The van der Waals surface area contributed by atoms with Crippen molar-refractivity contribution in [2.45, 2.75) is 13.3 Å². The fraction of sp³-hybridized carbons (Fsp3) is 0.304. The molecule has 2 aliphatic heterocycles. The van der Waals surface area contributed by atoms with E-state index in [2.05, 4.69) is 23.8 Å². The molecule has 0 radical (unpaired) electrons. The molecule has 2 amide bonds. The van der Waals surface area contributed by atoms with Crippen molar-refractivity contribution in [1.29, 1.82) is 0 Å². The van der Waals surface area contributed by atoms with Gasteiger partial charge in [-0.1, -0.05) is 49.4 Å². The first kappa shape index (κ1) is 18.4. The van der Waals surface area contributed by atoms with Crippen LogP contribution in [0.2, 0.25) is 0 Å². The van der Waals surface area contributed by atoms with Gasteiger partial charge in [0.15, 0.2) is 0 Å². The number of carbonyl (C=O) groups is 2. The Bertz CT molecular complexity index is 911. The van der Waals surface area contributed by atoms with E-state index in [1.165, 1.54) is 10.5 Å². The van der Waals surface area contributed by atoms with Gasteiger partial charge in [-0.2, -0.15) is 0 Å². The van der Waals surface area contributed by atoms with Crippen LogP contribution in [0.1, 0.15) is 18.1 Å². The van der Waals surface area contributed by atoms with Crippen molar-refractivity contribution in [2.24, 2.45) is 0 Å². The Morgan fingerprint density at radius 3 is 2.07 bits per heavy atom. The third-order valence-corrected chi connectivity index (χ3v) is 5.54. The van der Waals surface area contributed by atoms with Crippen LogP contribution in [-0.4, -0.2) is 54.8 Å². The van der Waals surface area contributed by atoms with Gasteiger partial charge >= 0.3 is 0 Å². The predicted molar refractivity (Wildman–Crippen MR) is 111 cm³/mol. The molecule has 0 spiro atoms. The molecule has 5 nitrogen and oxygen atoms in total. The molecule has 0 N–H and O–H groups in total. The maximum absolute atomic E-state index is 13.4. The molecule has 144 valence electrons. The molecule has 2 aliphatic rings. The molecular weight excluding hydrogens is 350 g/mol. The molecular formula is C23H25N3O2. The van der Waals surface area contributed by atoms with Gasteiger partial charge in [0, 0.05) is 26.2 Å². The minimum Gasteiger partial charge on any atom is -0.364 e. The molecule has 0 saturated carbocycles. The van der Waals surface area contributed by atoms with E-state index >= 15 is 0 Å². The second kappa shape index (κ2) is 7.60. The number of imide groups is 1. The Morgan fingerprint density at radius 1 is 0.821 bits per heavy atom. The molecule has 4 rings (SSSR count). The summed E-state index contributed by atoms with van der Waals surface area (Å²) in [5.74, 6) is -0.466. The Balaban J connectivity index is 1.76. The highest BCUT2D eigenvalue weighted by Crippen LogP contribution is 2.35. The maximum Gasteiger partial charge on any atom is 0.282 e. The summed E-state index contributed by atoms with van der Waals surface area (Å²) in [7, 11) is 2.08. The lowest BCUT2D eigenvalue weighted by Gasteiger charge is -2.34. The lowest BCUT2D eigenvalue weighted by molar-refractivity contribution is -0.120. The van der Waals surface area contributed by atoms with Crippen molar-refractivity contribution in [3.8, 4) is 0 Å². The normalized spacial score (nSPS) is 18.4. The minimum atomic E-state index is -0.241. The standard InChI is InChI=1S/C23H25N3O2/c1-3-17-9-11-19(12-10-17)26-22(27)20(18-7-5-4-6-8-18)21(23(26)28)25-15-13-24(2)14-16-25/h4-12H,3,13-16H2,1-2H3. The van der Waals surface area contributed by atoms with Crippen LogP contribution in [-0.2, 0) is 16.0 Å². The number of hydrogen-bond acceptors (Lipinski definition) is 4. The van der Waals surface area contributed by atoms with Crippen molar-refractivity contribution in [1.82, 2.24) is 9.80 Å². The Labute approximate surface area is 165 Å². The van der Waals surface area contributed by atoms with E-state index in [1.807, 2.05) is 54.6 Å². The highest BCUT2D eigenvalue weighted by molar-refractivity contribution is 6.45. The summed E-state index contributed by atoms with van der Waals surface area (Å²) in [6.45, 7) is 5.31. The van der Waals surface area contributed by atoms with Gasteiger partial charge in [-0.15, -0.1) is 0 Å². The zero-order valence-corrected chi connectivity index (χ0v) is 16.4. The van der Waals surface area contributed by atoms with Gasteiger partial charge in [0.05, 0.1) is 11.3 Å². The highest BCUT2D eigenvalue weighted by atomic mass is 16.2. The fourth-order valence-corrected chi connectivity index (χ4v) is 3.82. The molecule has 0 aromatic heterocycles. The number of amides is 2. The van der Waals surface area contributed by atoms with Crippen LogP contribution in [0.25, 0.3) is 5.57 Å². The first-order chi connectivity index (χ1) is 13.6. The summed E-state index contributed by atoms with van der Waals surface area (Å²) in [5, 5.41) is 0. The average molecular weight is 375 g/mol. The number of nitrogens with zero attached hydrogens (tertiary/aromatic N) is 3. The maximum atomic E-state index is 13.4. The first-order valence-electron chi connectivity index (χ1n) is 9.81. The summed E-state index contributed by atoms with van der Waals surface area (Å²) in [6.07, 6.45) is 0.919. The van der Waals surface area contributed by atoms with E-state index in [-0.39, 0.29) is 11.8 Å². The molecule has 5 heteroatoms. The minimum absolute atomic E-state index is 0.224. The smallest absolute Gasteiger partial charge is 0.282 e. The first-order valence-corrected chi connectivity index (χ1v) is 9.81. The van der Waals surface area contributed by atoms with Crippen LogP contribution in [0.4, 0.5) is 5.69 Å². The van der Waals surface area contributed by atoms with Crippen LogP contribution in [0.3, 0.4) is 0 Å². The number of rotatable bonds is 4. The van der Waals surface area contributed by atoms with Crippen LogP contribution in [0, 0.1) is 0 Å². The van der Waals surface area contributed by atoms with E-state index in [1.54, 1.807) is 0 Å². The third-order valence-electron chi connectivity index (χ3n) is 5.54. The van der Waals surface area contributed by atoms with Crippen LogP contribution in [0.5, 0.6) is 0 Å². The fourth-order valence-electron chi connectivity index (χ4n) is 3.82. The van der Waals surface area contributed by atoms with Crippen molar-refractivity contribution in [3.05, 3.63) is 71.4 Å². The lowest BCUT2D eigenvalue weighted by atomic mass is 10.0. The van der Waals surface area contributed by atoms with Crippen molar-refractivity contribution in [2.75, 3.05) is 38.1 Å². The van der Waals surface area contributed by atoms with E-state index in [0.717, 1.165) is 38.2 Å². The Hall–Kier alpha value is -2.92. The number of hydrogen-bond donors (Lipinski definition) is 0. The number of benzene rings is 2. The zero-order chi connectivity index (χ0) is 19.7. The Morgan fingerprint density at radius 2 is 1.46 bits per heavy atom. The molecule has 2 aromatic carbocycles. The predicted octanol–water partition coefficient (Wildman–Crippen LogP) is 2.78. The van der Waals surface area contributed by atoms with E-state index in [4.69, 9.17) is 0 Å². The van der Waals surface area contributed by atoms with Gasteiger partial charge < -0.3 is 9.80 Å².